The fourth-order valence-electron chi connectivity index (χ4n) is 3.75. The van der Waals surface area contributed by atoms with Crippen LogP contribution in [0.4, 0.5) is 11.6 Å². The van der Waals surface area contributed by atoms with Gasteiger partial charge in [-0.2, -0.15) is 0 Å². The molecule has 0 aliphatic heterocycles. The van der Waals surface area contributed by atoms with E-state index in [0.717, 1.165) is 11.8 Å². The number of aryl methyl sites for hydroxylation is 1. The van der Waals surface area contributed by atoms with E-state index >= 15 is 0 Å². The molecule has 0 atom stereocenters. The molecule has 40 heavy (non-hydrogen) atoms. The SMILES string of the molecule is Cc1ccnc(NS(=O)(=O)c2ccc(NC(=O)CSc3nc4ccccc4c(=O)n3-c3ccc(Cl)cc3)cc2)n1. The molecule has 0 radical (unpaired) electrons. The minimum atomic E-state index is -3.92. The Morgan fingerprint density at radius 2 is 1.70 bits per heavy atom. The zero-order chi connectivity index (χ0) is 28.3. The molecule has 10 nitrogen and oxygen atoms in total. The van der Waals surface area contributed by atoms with Crippen LogP contribution in [0.1, 0.15) is 5.69 Å². The van der Waals surface area contributed by atoms with E-state index in [-0.39, 0.29) is 28.1 Å². The highest BCUT2D eigenvalue weighted by atomic mass is 35.5. The molecule has 0 bridgehead atoms. The molecule has 202 valence electrons. The van der Waals surface area contributed by atoms with E-state index in [2.05, 4.69) is 25.0 Å². The second-order valence-electron chi connectivity index (χ2n) is 8.52. The molecule has 5 rings (SSSR count). The van der Waals surface area contributed by atoms with Crippen molar-refractivity contribution in [1.82, 2.24) is 19.5 Å². The van der Waals surface area contributed by atoms with Gasteiger partial charge in [-0.15, -0.1) is 0 Å². The summed E-state index contributed by atoms with van der Waals surface area (Å²) in [6.07, 6.45) is 1.46. The predicted molar refractivity (Wildman–Crippen MR) is 156 cm³/mol. The molecule has 2 heterocycles. The number of hydrogen-bond donors (Lipinski definition) is 2. The van der Waals surface area contributed by atoms with E-state index in [1.54, 1.807) is 61.5 Å². The summed E-state index contributed by atoms with van der Waals surface area (Å²) in [4.78, 5) is 38.7. The molecule has 2 aromatic heterocycles. The number of amides is 1. The van der Waals surface area contributed by atoms with Crippen molar-refractivity contribution < 1.29 is 13.2 Å². The Hall–Kier alpha value is -4.26. The van der Waals surface area contributed by atoms with Crippen LogP contribution in [0, 0.1) is 6.92 Å². The van der Waals surface area contributed by atoms with Crippen molar-refractivity contribution >= 4 is 61.8 Å². The van der Waals surface area contributed by atoms with Crippen LogP contribution in [0.15, 0.2) is 99.9 Å². The number of nitrogens with zero attached hydrogens (tertiary/aromatic N) is 4. The molecule has 0 unspecified atom stereocenters. The highest BCUT2D eigenvalue weighted by Crippen LogP contribution is 2.23. The number of aromatic nitrogens is 4. The molecule has 2 N–H and O–H groups in total. The molecule has 5 aromatic rings. The lowest BCUT2D eigenvalue weighted by Gasteiger charge is -2.13. The first-order valence-electron chi connectivity index (χ1n) is 11.8. The summed E-state index contributed by atoms with van der Waals surface area (Å²) in [6, 6.07) is 21.1. The topological polar surface area (TPSA) is 136 Å². The average molecular weight is 593 g/mol. The maximum Gasteiger partial charge on any atom is 0.266 e. The zero-order valence-corrected chi connectivity index (χ0v) is 23.3. The van der Waals surface area contributed by atoms with Crippen molar-refractivity contribution in [2.24, 2.45) is 0 Å². The average Bonchev–Trinajstić information content (AvgIpc) is 2.93. The Labute approximate surface area is 238 Å². The Kier molecular flexibility index (Phi) is 7.83. The molecule has 0 spiro atoms. The van der Waals surface area contributed by atoms with E-state index in [1.165, 1.54) is 35.0 Å². The van der Waals surface area contributed by atoms with Gasteiger partial charge in [0, 0.05) is 22.6 Å². The number of anilines is 2. The maximum atomic E-state index is 13.3. The largest absolute Gasteiger partial charge is 0.325 e. The Morgan fingerprint density at radius 3 is 2.42 bits per heavy atom. The first kappa shape index (κ1) is 27.3. The van der Waals surface area contributed by atoms with E-state index in [0.29, 0.717) is 38.2 Å². The van der Waals surface area contributed by atoms with E-state index < -0.39 is 10.0 Å². The van der Waals surface area contributed by atoms with Gasteiger partial charge >= 0.3 is 0 Å². The second kappa shape index (κ2) is 11.5. The van der Waals surface area contributed by atoms with Gasteiger partial charge in [-0.25, -0.2) is 28.1 Å². The fourth-order valence-corrected chi connectivity index (χ4v) is 5.64. The van der Waals surface area contributed by atoms with Crippen LogP contribution >= 0.6 is 23.4 Å². The monoisotopic (exact) mass is 592 g/mol. The lowest BCUT2D eigenvalue weighted by Crippen LogP contribution is -2.23. The highest BCUT2D eigenvalue weighted by Gasteiger charge is 2.17. The van der Waals surface area contributed by atoms with Gasteiger partial charge in [0.25, 0.3) is 15.6 Å². The molecule has 13 heteroatoms. The van der Waals surface area contributed by atoms with Gasteiger partial charge in [0.05, 0.1) is 27.2 Å². The first-order chi connectivity index (χ1) is 19.2. The van der Waals surface area contributed by atoms with Crippen molar-refractivity contribution in [3.05, 3.63) is 106 Å². The van der Waals surface area contributed by atoms with Gasteiger partial charge in [0.15, 0.2) is 5.16 Å². The molecular weight excluding hydrogens is 572 g/mol. The molecular formula is C27H21ClN6O4S2. The maximum absolute atomic E-state index is 13.3. The third-order valence-corrected chi connectivity index (χ3v) is 8.17. The van der Waals surface area contributed by atoms with E-state index in [9.17, 15) is 18.0 Å². The van der Waals surface area contributed by atoms with Gasteiger partial charge in [0.1, 0.15) is 0 Å². The molecule has 0 saturated heterocycles. The number of fused-ring (bicyclic) bond motifs is 1. The van der Waals surface area contributed by atoms with Crippen molar-refractivity contribution in [2.45, 2.75) is 17.0 Å². The Bertz CT molecular complexity index is 1880. The lowest BCUT2D eigenvalue weighted by molar-refractivity contribution is -0.113. The quantitative estimate of drug-likeness (QED) is 0.196. The smallest absolute Gasteiger partial charge is 0.266 e. The number of hydrogen-bond acceptors (Lipinski definition) is 8. The summed E-state index contributed by atoms with van der Waals surface area (Å²) in [5, 5.41) is 4.05. The van der Waals surface area contributed by atoms with Crippen molar-refractivity contribution in [3.63, 3.8) is 0 Å². The van der Waals surface area contributed by atoms with Gasteiger partial charge < -0.3 is 5.32 Å². The lowest BCUT2D eigenvalue weighted by atomic mass is 10.2. The standard InChI is InChI=1S/C27H21ClN6O4S2/c1-17-14-15-29-26(30-17)33-40(37,38)21-12-8-19(9-13-21)31-24(35)16-39-27-32-23-5-3-2-4-22(23)25(36)34(27)20-10-6-18(28)7-11-20/h2-15H,16H2,1H3,(H,31,35)(H,29,30,33). The number of rotatable bonds is 8. The zero-order valence-electron chi connectivity index (χ0n) is 20.9. The van der Waals surface area contributed by atoms with Crippen LogP contribution in [-0.2, 0) is 14.8 Å². The fraction of sp³-hybridized carbons (Fsp3) is 0.0741. The third kappa shape index (κ3) is 6.14. The van der Waals surface area contributed by atoms with Crippen LogP contribution in [-0.4, -0.2) is 39.6 Å². The molecule has 1 amide bonds. The summed E-state index contributed by atoms with van der Waals surface area (Å²) < 4.78 is 29.1. The number of benzene rings is 3. The second-order valence-corrected chi connectivity index (χ2v) is 11.6. The van der Waals surface area contributed by atoms with Crippen molar-refractivity contribution in [2.75, 3.05) is 15.8 Å². The van der Waals surface area contributed by atoms with Crippen molar-refractivity contribution in [1.29, 1.82) is 0 Å². The molecule has 0 aliphatic carbocycles. The third-order valence-electron chi connectivity index (χ3n) is 5.63. The summed E-state index contributed by atoms with van der Waals surface area (Å²) >= 11 is 7.13. The first-order valence-corrected chi connectivity index (χ1v) is 14.7. The Balaban J connectivity index is 1.31. The minimum absolute atomic E-state index is 0.0164. The van der Waals surface area contributed by atoms with Crippen LogP contribution < -0.4 is 15.6 Å². The number of sulfonamides is 1. The summed E-state index contributed by atoms with van der Waals surface area (Å²) in [5.74, 6) is -0.448. The summed E-state index contributed by atoms with van der Waals surface area (Å²) in [5.41, 5.74) is 1.84. The number of para-hydroxylation sites is 1. The van der Waals surface area contributed by atoms with Crippen LogP contribution in [0.3, 0.4) is 0 Å². The van der Waals surface area contributed by atoms with Gasteiger partial charge in [-0.1, -0.05) is 35.5 Å². The van der Waals surface area contributed by atoms with Crippen LogP contribution in [0.2, 0.25) is 5.02 Å². The van der Waals surface area contributed by atoms with E-state index in [4.69, 9.17) is 11.6 Å². The molecule has 0 fully saturated rings. The predicted octanol–water partition coefficient (Wildman–Crippen LogP) is 4.67. The van der Waals surface area contributed by atoms with Crippen LogP contribution in [0.25, 0.3) is 16.6 Å². The normalized spacial score (nSPS) is 11.3. The van der Waals surface area contributed by atoms with Crippen LogP contribution in [0.5, 0.6) is 0 Å². The highest BCUT2D eigenvalue weighted by molar-refractivity contribution is 7.99. The molecule has 0 aliphatic rings. The number of carbonyl (C=O) groups is 1. The van der Waals surface area contributed by atoms with Gasteiger partial charge in [-0.05, 0) is 73.7 Å². The molecule has 0 saturated carbocycles. The summed E-state index contributed by atoms with van der Waals surface area (Å²) in [7, 11) is -3.92. The number of halogens is 1. The number of carbonyl (C=O) groups excluding carboxylic acids is 1. The van der Waals surface area contributed by atoms with Crippen molar-refractivity contribution in [3.8, 4) is 5.69 Å². The van der Waals surface area contributed by atoms with E-state index in [1.807, 2.05) is 0 Å². The number of nitrogens with one attached hydrogen (secondary N) is 2. The molecule has 3 aromatic carbocycles. The Morgan fingerprint density at radius 1 is 0.975 bits per heavy atom. The van der Waals surface area contributed by atoms with Gasteiger partial charge in [-0.3, -0.25) is 14.2 Å². The van der Waals surface area contributed by atoms with Gasteiger partial charge in [0.2, 0.25) is 11.9 Å². The minimum Gasteiger partial charge on any atom is -0.325 e. The summed E-state index contributed by atoms with van der Waals surface area (Å²) in [6.45, 7) is 1.72. The number of thioether (sulfide) groups is 1.